The lowest BCUT2D eigenvalue weighted by Gasteiger charge is -2.15. The van der Waals surface area contributed by atoms with Gasteiger partial charge in [-0.2, -0.15) is 0 Å². The number of aromatic nitrogens is 2. The summed E-state index contributed by atoms with van der Waals surface area (Å²) in [5.41, 5.74) is 1.24. The van der Waals surface area contributed by atoms with Crippen molar-refractivity contribution in [1.29, 1.82) is 0 Å². The molecule has 0 aliphatic heterocycles. The molecule has 0 saturated carbocycles. The highest BCUT2D eigenvalue weighted by molar-refractivity contribution is 4.96. The zero-order chi connectivity index (χ0) is 10.6. The topological polar surface area (TPSA) is 29.9 Å². The van der Waals surface area contributed by atoms with E-state index in [2.05, 4.69) is 35.6 Å². The average molecular weight is 195 g/mol. The van der Waals surface area contributed by atoms with Crippen LogP contribution in [0.3, 0.4) is 0 Å². The Balaban J connectivity index is 2.30. The fraction of sp³-hybridized carbons (Fsp3) is 0.727. The first-order valence-corrected chi connectivity index (χ1v) is 5.28. The molecule has 0 aliphatic carbocycles. The van der Waals surface area contributed by atoms with Crippen molar-refractivity contribution < 1.29 is 0 Å². The third-order valence-electron chi connectivity index (χ3n) is 2.37. The lowest BCUT2D eigenvalue weighted by molar-refractivity contribution is 0.437. The SMILES string of the molecule is CC(C)CC(C)NCc1cncn1C. The summed E-state index contributed by atoms with van der Waals surface area (Å²) in [6.07, 6.45) is 4.97. The van der Waals surface area contributed by atoms with E-state index in [4.69, 9.17) is 0 Å². The zero-order valence-electron chi connectivity index (χ0n) is 9.62. The Morgan fingerprint density at radius 3 is 2.64 bits per heavy atom. The van der Waals surface area contributed by atoms with Crippen molar-refractivity contribution in [3.05, 3.63) is 18.2 Å². The quantitative estimate of drug-likeness (QED) is 0.778. The van der Waals surface area contributed by atoms with Crippen LogP contribution < -0.4 is 5.32 Å². The number of imidazole rings is 1. The van der Waals surface area contributed by atoms with Crippen LogP contribution in [0.2, 0.25) is 0 Å². The van der Waals surface area contributed by atoms with Crippen LogP contribution in [0, 0.1) is 5.92 Å². The minimum Gasteiger partial charge on any atom is -0.337 e. The van der Waals surface area contributed by atoms with Gasteiger partial charge in [-0.1, -0.05) is 13.8 Å². The normalized spacial score (nSPS) is 13.5. The van der Waals surface area contributed by atoms with E-state index in [1.807, 2.05) is 19.6 Å². The third-order valence-corrected chi connectivity index (χ3v) is 2.37. The van der Waals surface area contributed by atoms with Crippen LogP contribution in [0.4, 0.5) is 0 Å². The highest BCUT2D eigenvalue weighted by atomic mass is 15.0. The summed E-state index contributed by atoms with van der Waals surface area (Å²) < 4.78 is 2.05. The molecule has 0 aromatic carbocycles. The van der Waals surface area contributed by atoms with Crippen LogP contribution in [0.5, 0.6) is 0 Å². The number of hydrogen-bond donors (Lipinski definition) is 1. The maximum atomic E-state index is 4.08. The van der Waals surface area contributed by atoms with Gasteiger partial charge in [0.15, 0.2) is 0 Å². The van der Waals surface area contributed by atoms with Crippen LogP contribution >= 0.6 is 0 Å². The van der Waals surface area contributed by atoms with Crippen LogP contribution in [0.25, 0.3) is 0 Å². The Morgan fingerprint density at radius 1 is 1.43 bits per heavy atom. The van der Waals surface area contributed by atoms with Gasteiger partial charge in [-0.05, 0) is 19.3 Å². The predicted molar refractivity (Wildman–Crippen MR) is 59.0 cm³/mol. The van der Waals surface area contributed by atoms with E-state index in [0.717, 1.165) is 12.5 Å². The predicted octanol–water partition coefficient (Wildman–Crippen LogP) is 1.94. The molecule has 0 spiro atoms. The van der Waals surface area contributed by atoms with Gasteiger partial charge >= 0.3 is 0 Å². The average Bonchev–Trinajstić information content (AvgIpc) is 2.46. The second-order valence-corrected chi connectivity index (χ2v) is 4.41. The second kappa shape index (κ2) is 5.15. The van der Waals surface area contributed by atoms with Crippen molar-refractivity contribution in [2.75, 3.05) is 0 Å². The number of nitrogens with zero attached hydrogens (tertiary/aromatic N) is 2. The molecule has 3 heteroatoms. The molecule has 1 aromatic heterocycles. The molecular weight excluding hydrogens is 174 g/mol. The van der Waals surface area contributed by atoms with Crippen LogP contribution in [-0.2, 0) is 13.6 Å². The molecule has 0 bridgehead atoms. The maximum Gasteiger partial charge on any atom is 0.0945 e. The fourth-order valence-corrected chi connectivity index (χ4v) is 1.62. The van der Waals surface area contributed by atoms with Crippen LogP contribution in [-0.4, -0.2) is 15.6 Å². The van der Waals surface area contributed by atoms with Crippen LogP contribution in [0.1, 0.15) is 32.9 Å². The van der Waals surface area contributed by atoms with Crippen molar-refractivity contribution in [2.45, 2.75) is 39.8 Å². The molecule has 1 unspecified atom stereocenters. The van der Waals surface area contributed by atoms with Gasteiger partial charge in [-0.25, -0.2) is 4.98 Å². The summed E-state index contributed by atoms with van der Waals surface area (Å²) in [4.78, 5) is 4.08. The van der Waals surface area contributed by atoms with Gasteiger partial charge < -0.3 is 9.88 Å². The molecule has 1 rings (SSSR count). The van der Waals surface area contributed by atoms with E-state index in [1.165, 1.54) is 12.1 Å². The summed E-state index contributed by atoms with van der Waals surface area (Å²) in [7, 11) is 2.02. The lowest BCUT2D eigenvalue weighted by Crippen LogP contribution is -2.27. The number of aryl methyl sites for hydroxylation is 1. The number of rotatable bonds is 5. The Labute approximate surface area is 86.5 Å². The molecule has 0 fully saturated rings. The molecule has 1 atom stereocenters. The first kappa shape index (κ1) is 11.2. The van der Waals surface area contributed by atoms with Crippen molar-refractivity contribution in [3.63, 3.8) is 0 Å². The third kappa shape index (κ3) is 3.50. The smallest absolute Gasteiger partial charge is 0.0945 e. The Bertz CT molecular complexity index is 265. The summed E-state index contributed by atoms with van der Waals surface area (Å²) in [6, 6.07) is 0.574. The number of nitrogens with one attached hydrogen (secondary N) is 1. The van der Waals surface area contributed by atoms with Gasteiger partial charge in [0.1, 0.15) is 0 Å². The summed E-state index contributed by atoms with van der Waals surface area (Å²) in [6.45, 7) is 7.64. The Morgan fingerprint density at radius 2 is 2.14 bits per heavy atom. The van der Waals surface area contributed by atoms with Gasteiger partial charge in [0.05, 0.1) is 12.0 Å². The summed E-state index contributed by atoms with van der Waals surface area (Å²) in [5.74, 6) is 0.754. The lowest BCUT2D eigenvalue weighted by atomic mass is 10.1. The van der Waals surface area contributed by atoms with Gasteiger partial charge in [-0.15, -0.1) is 0 Å². The van der Waals surface area contributed by atoms with Gasteiger partial charge in [0, 0.05) is 25.8 Å². The van der Waals surface area contributed by atoms with Crippen molar-refractivity contribution >= 4 is 0 Å². The van der Waals surface area contributed by atoms with Crippen molar-refractivity contribution in [2.24, 2.45) is 13.0 Å². The maximum absolute atomic E-state index is 4.08. The van der Waals surface area contributed by atoms with E-state index in [9.17, 15) is 0 Å². The molecular formula is C11H21N3. The summed E-state index contributed by atoms with van der Waals surface area (Å²) >= 11 is 0. The van der Waals surface area contributed by atoms with E-state index in [1.54, 1.807) is 0 Å². The van der Waals surface area contributed by atoms with E-state index in [-0.39, 0.29) is 0 Å². The standard InChI is InChI=1S/C11H21N3/c1-9(2)5-10(3)13-7-11-6-12-8-14(11)4/h6,8-10,13H,5,7H2,1-4H3. The Kier molecular flexibility index (Phi) is 4.14. The molecule has 14 heavy (non-hydrogen) atoms. The van der Waals surface area contributed by atoms with Gasteiger partial charge in [-0.3, -0.25) is 0 Å². The first-order chi connectivity index (χ1) is 6.59. The highest BCUT2D eigenvalue weighted by Crippen LogP contribution is 2.05. The molecule has 1 aromatic rings. The highest BCUT2D eigenvalue weighted by Gasteiger charge is 2.05. The summed E-state index contributed by atoms with van der Waals surface area (Å²) in [5, 5.41) is 3.50. The largest absolute Gasteiger partial charge is 0.337 e. The molecule has 0 saturated heterocycles. The molecule has 0 aliphatic rings. The van der Waals surface area contributed by atoms with Crippen molar-refractivity contribution in [3.8, 4) is 0 Å². The monoisotopic (exact) mass is 195 g/mol. The van der Waals surface area contributed by atoms with Crippen LogP contribution in [0.15, 0.2) is 12.5 Å². The minimum atomic E-state index is 0.574. The van der Waals surface area contributed by atoms with Gasteiger partial charge in [0.25, 0.3) is 0 Å². The molecule has 3 nitrogen and oxygen atoms in total. The van der Waals surface area contributed by atoms with E-state index >= 15 is 0 Å². The number of hydrogen-bond acceptors (Lipinski definition) is 2. The van der Waals surface area contributed by atoms with Crippen molar-refractivity contribution in [1.82, 2.24) is 14.9 Å². The van der Waals surface area contributed by atoms with E-state index < -0.39 is 0 Å². The molecule has 80 valence electrons. The molecule has 1 N–H and O–H groups in total. The molecule has 0 amide bonds. The first-order valence-electron chi connectivity index (χ1n) is 5.28. The Hall–Kier alpha value is -0.830. The van der Waals surface area contributed by atoms with E-state index in [0.29, 0.717) is 6.04 Å². The molecule has 0 radical (unpaired) electrons. The zero-order valence-corrected chi connectivity index (χ0v) is 9.62. The second-order valence-electron chi connectivity index (χ2n) is 4.41. The molecule has 1 heterocycles. The minimum absolute atomic E-state index is 0.574. The fourth-order valence-electron chi connectivity index (χ4n) is 1.62. The van der Waals surface area contributed by atoms with Gasteiger partial charge in [0.2, 0.25) is 0 Å².